The summed E-state index contributed by atoms with van der Waals surface area (Å²) >= 11 is 7.22. The summed E-state index contributed by atoms with van der Waals surface area (Å²) in [7, 11) is 0. The summed E-state index contributed by atoms with van der Waals surface area (Å²) in [6.07, 6.45) is 0. The average molecular weight is 392 g/mol. The van der Waals surface area contributed by atoms with Gasteiger partial charge >= 0.3 is 0 Å². The summed E-state index contributed by atoms with van der Waals surface area (Å²) in [4.78, 5) is 4.50. The third kappa shape index (κ3) is 3.43. The first-order valence-electron chi connectivity index (χ1n) is 7.81. The number of thiazole rings is 1. The molecule has 0 amide bonds. The van der Waals surface area contributed by atoms with E-state index in [0.29, 0.717) is 11.1 Å². The summed E-state index contributed by atoms with van der Waals surface area (Å²) in [6.45, 7) is 5.88. The van der Waals surface area contributed by atoms with Crippen LogP contribution in [0.3, 0.4) is 0 Å². The summed E-state index contributed by atoms with van der Waals surface area (Å²) < 4.78 is 27.4. The fourth-order valence-corrected chi connectivity index (χ4v) is 3.77. The molecule has 0 radical (unpaired) electrons. The lowest BCUT2D eigenvalue weighted by molar-refractivity contribution is 0.122. The SMILES string of the molecule is C=C(c1nc(-c2ccc(C)cc2)cs1)C(O)(CCl)c1ccc(F)cc1F. The van der Waals surface area contributed by atoms with Crippen LogP contribution in [0.4, 0.5) is 8.78 Å². The van der Waals surface area contributed by atoms with Gasteiger partial charge in [-0.3, -0.25) is 0 Å². The van der Waals surface area contributed by atoms with Crippen LogP contribution in [0, 0.1) is 18.6 Å². The number of rotatable bonds is 5. The Morgan fingerprint density at radius 3 is 2.54 bits per heavy atom. The fourth-order valence-electron chi connectivity index (χ4n) is 2.59. The quantitative estimate of drug-likeness (QED) is 0.579. The molecule has 0 saturated carbocycles. The van der Waals surface area contributed by atoms with E-state index < -0.39 is 17.2 Å². The first kappa shape index (κ1) is 18.7. The number of benzene rings is 2. The summed E-state index contributed by atoms with van der Waals surface area (Å²) in [5.41, 5.74) is 0.932. The number of aryl methyl sites for hydroxylation is 1. The average Bonchev–Trinajstić information content (AvgIpc) is 3.11. The zero-order valence-corrected chi connectivity index (χ0v) is 15.5. The van der Waals surface area contributed by atoms with Gasteiger partial charge in [0.25, 0.3) is 0 Å². The third-order valence-electron chi connectivity index (χ3n) is 4.18. The highest BCUT2D eigenvalue weighted by Gasteiger charge is 2.36. The van der Waals surface area contributed by atoms with E-state index in [1.165, 1.54) is 17.4 Å². The second kappa shape index (κ2) is 7.27. The van der Waals surface area contributed by atoms with Gasteiger partial charge in [-0.2, -0.15) is 0 Å². The molecule has 0 spiro atoms. The van der Waals surface area contributed by atoms with Crippen LogP contribution in [0.25, 0.3) is 16.8 Å². The smallest absolute Gasteiger partial charge is 0.133 e. The molecule has 0 bridgehead atoms. The molecule has 0 aliphatic rings. The molecule has 0 aliphatic carbocycles. The van der Waals surface area contributed by atoms with Crippen molar-refractivity contribution in [2.24, 2.45) is 0 Å². The molecule has 1 heterocycles. The van der Waals surface area contributed by atoms with Crippen molar-refractivity contribution in [3.63, 3.8) is 0 Å². The van der Waals surface area contributed by atoms with Gasteiger partial charge in [-0.05, 0) is 19.1 Å². The second-order valence-electron chi connectivity index (χ2n) is 6.00. The van der Waals surface area contributed by atoms with E-state index in [1.54, 1.807) is 0 Å². The van der Waals surface area contributed by atoms with Crippen LogP contribution in [-0.4, -0.2) is 16.0 Å². The van der Waals surface area contributed by atoms with E-state index >= 15 is 0 Å². The van der Waals surface area contributed by atoms with E-state index in [4.69, 9.17) is 11.6 Å². The number of nitrogens with zero attached hydrogens (tertiary/aromatic N) is 1. The van der Waals surface area contributed by atoms with Gasteiger partial charge in [0.2, 0.25) is 0 Å². The number of aromatic nitrogens is 1. The van der Waals surface area contributed by atoms with E-state index in [9.17, 15) is 13.9 Å². The van der Waals surface area contributed by atoms with Gasteiger partial charge in [-0.1, -0.05) is 36.4 Å². The second-order valence-corrected chi connectivity index (χ2v) is 7.13. The molecule has 2 aromatic carbocycles. The number of alkyl halides is 1. The van der Waals surface area contributed by atoms with Crippen molar-refractivity contribution in [1.82, 2.24) is 4.98 Å². The zero-order valence-electron chi connectivity index (χ0n) is 14.0. The predicted octanol–water partition coefficient (Wildman–Crippen LogP) is 5.54. The Bertz CT molecular complexity index is 955. The van der Waals surface area contributed by atoms with Crippen molar-refractivity contribution >= 4 is 28.5 Å². The van der Waals surface area contributed by atoms with Crippen molar-refractivity contribution in [1.29, 1.82) is 0 Å². The molecule has 6 heteroatoms. The molecule has 0 aliphatic heterocycles. The van der Waals surface area contributed by atoms with Crippen LogP contribution in [0.15, 0.2) is 54.4 Å². The van der Waals surface area contributed by atoms with Crippen LogP contribution >= 0.6 is 22.9 Å². The highest BCUT2D eigenvalue weighted by molar-refractivity contribution is 7.11. The van der Waals surface area contributed by atoms with Crippen molar-refractivity contribution < 1.29 is 13.9 Å². The maximum Gasteiger partial charge on any atom is 0.133 e. The van der Waals surface area contributed by atoms with Crippen LogP contribution in [-0.2, 0) is 5.60 Å². The topological polar surface area (TPSA) is 33.1 Å². The van der Waals surface area contributed by atoms with Gasteiger partial charge in [0.1, 0.15) is 22.2 Å². The molecule has 3 aromatic rings. The minimum absolute atomic E-state index is 0.133. The molecule has 0 saturated heterocycles. The molecule has 2 nitrogen and oxygen atoms in total. The van der Waals surface area contributed by atoms with Gasteiger partial charge in [-0.15, -0.1) is 22.9 Å². The van der Waals surface area contributed by atoms with Gasteiger partial charge in [0, 0.05) is 28.1 Å². The van der Waals surface area contributed by atoms with Crippen molar-refractivity contribution in [3.8, 4) is 11.3 Å². The highest BCUT2D eigenvalue weighted by atomic mass is 35.5. The first-order chi connectivity index (χ1) is 12.3. The Labute approximate surface area is 159 Å². The van der Waals surface area contributed by atoms with Crippen molar-refractivity contribution in [2.45, 2.75) is 12.5 Å². The van der Waals surface area contributed by atoms with Crippen LogP contribution < -0.4 is 0 Å². The normalized spacial score (nSPS) is 13.4. The molecular formula is C20H16ClF2NOS. The maximum absolute atomic E-state index is 14.2. The summed E-state index contributed by atoms with van der Waals surface area (Å²) in [5.74, 6) is -1.96. The van der Waals surface area contributed by atoms with Gasteiger partial charge in [-0.25, -0.2) is 13.8 Å². The largest absolute Gasteiger partial charge is 0.379 e. The Morgan fingerprint density at radius 2 is 1.92 bits per heavy atom. The lowest BCUT2D eigenvalue weighted by atomic mass is 9.88. The van der Waals surface area contributed by atoms with Gasteiger partial charge in [0.15, 0.2) is 0 Å². The molecule has 3 rings (SSSR count). The van der Waals surface area contributed by atoms with Crippen LogP contribution in [0.5, 0.6) is 0 Å². The molecule has 1 N–H and O–H groups in total. The minimum atomic E-state index is -1.89. The Hall–Kier alpha value is -2.08. The number of aliphatic hydroxyl groups is 1. The Morgan fingerprint density at radius 1 is 1.23 bits per heavy atom. The molecule has 0 fully saturated rings. The Kier molecular flexibility index (Phi) is 5.23. The highest BCUT2D eigenvalue weighted by Crippen LogP contribution is 2.39. The van der Waals surface area contributed by atoms with Crippen molar-refractivity contribution in [2.75, 3.05) is 5.88 Å². The third-order valence-corrected chi connectivity index (χ3v) is 5.47. The molecule has 134 valence electrons. The molecule has 1 aromatic heterocycles. The summed E-state index contributed by atoms with van der Waals surface area (Å²) in [6, 6.07) is 10.8. The van der Waals surface area contributed by atoms with Crippen LogP contribution in [0.2, 0.25) is 0 Å². The van der Waals surface area contributed by atoms with E-state index in [2.05, 4.69) is 11.6 Å². The molecular weight excluding hydrogens is 376 g/mol. The monoisotopic (exact) mass is 391 g/mol. The van der Waals surface area contributed by atoms with Gasteiger partial charge < -0.3 is 5.11 Å². The molecule has 1 unspecified atom stereocenters. The van der Waals surface area contributed by atoms with E-state index in [0.717, 1.165) is 22.9 Å². The first-order valence-corrected chi connectivity index (χ1v) is 9.23. The predicted molar refractivity (Wildman–Crippen MR) is 102 cm³/mol. The fraction of sp³-hybridized carbons (Fsp3) is 0.150. The number of hydrogen-bond donors (Lipinski definition) is 1. The molecule has 26 heavy (non-hydrogen) atoms. The molecule has 1 atom stereocenters. The minimum Gasteiger partial charge on any atom is -0.379 e. The van der Waals surface area contributed by atoms with Gasteiger partial charge in [0.05, 0.1) is 11.6 Å². The van der Waals surface area contributed by atoms with E-state index in [-0.39, 0.29) is 17.0 Å². The lowest BCUT2D eigenvalue weighted by Gasteiger charge is -2.28. The summed E-state index contributed by atoms with van der Waals surface area (Å²) in [5, 5.41) is 13.2. The standard InChI is InChI=1S/C20H16ClF2NOS/c1-12-3-5-14(6-4-12)18-10-26-19(24-18)13(2)20(25,11-21)16-8-7-15(22)9-17(16)23/h3-10,25H,2,11H2,1H3. The number of halogens is 3. The maximum atomic E-state index is 14.2. The number of hydrogen-bond acceptors (Lipinski definition) is 3. The van der Waals surface area contributed by atoms with Crippen LogP contribution in [0.1, 0.15) is 16.1 Å². The zero-order chi connectivity index (χ0) is 18.9. The lowest BCUT2D eigenvalue weighted by Crippen LogP contribution is -2.30. The van der Waals surface area contributed by atoms with Crippen molar-refractivity contribution in [3.05, 3.63) is 82.2 Å². The van der Waals surface area contributed by atoms with E-state index in [1.807, 2.05) is 36.6 Å². The Balaban J connectivity index is 1.98.